The summed E-state index contributed by atoms with van der Waals surface area (Å²) in [6.45, 7) is 2.12. The number of hydrogen-bond acceptors (Lipinski definition) is 5. The number of rotatable bonds is 3. The Morgan fingerprint density at radius 3 is 2.64 bits per heavy atom. The SMILES string of the molecule is COc1c(O)cc2c(c1OC)CCCN1CCC3=CC[C@H](OC)C[C@]321. The van der Waals surface area contributed by atoms with Gasteiger partial charge in [0.2, 0.25) is 5.75 Å². The van der Waals surface area contributed by atoms with Crippen LogP contribution in [0.15, 0.2) is 17.7 Å². The second-order valence-electron chi connectivity index (χ2n) is 7.22. The van der Waals surface area contributed by atoms with E-state index in [9.17, 15) is 5.11 Å². The third kappa shape index (κ3) is 2.29. The molecule has 0 aromatic heterocycles. The van der Waals surface area contributed by atoms with Gasteiger partial charge in [-0.1, -0.05) is 6.08 Å². The van der Waals surface area contributed by atoms with Crippen LogP contribution in [0.5, 0.6) is 17.2 Å². The van der Waals surface area contributed by atoms with Gasteiger partial charge >= 0.3 is 0 Å². The molecule has 2 atom stereocenters. The third-order valence-electron chi connectivity index (χ3n) is 6.23. The van der Waals surface area contributed by atoms with Crippen LogP contribution in [0.4, 0.5) is 0 Å². The lowest BCUT2D eigenvalue weighted by Crippen LogP contribution is -2.46. The molecule has 1 saturated heterocycles. The molecule has 2 heterocycles. The standard InChI is InChI=1S/C20H27NO4/c1-23-14-7-6-13-8-10-21-9-4-5-15-16(20(13,21)12-14)11-17(22)19(25-3)18(15)24-2/h6,11,14,22H,4-5,7-10,12H2,1-3H3/t14-,20-/m0/s1. The monoisotopic (exact) mass is 345 g/mol. The van der Waals surface area contributed by atoms with Crippen LogP contribution in [-0.4, -0.2) is 50.5 Å². The molecule has 2 aliphatic heterocycles. The van der Waals surface area contributed by atoms with Gasteiger partial charge < -0.3 is 19.3 Å². The van der Waals surface area contributed by atoms with E-state index in [0.29, 0.717) is 11.5 Å². The van der Waals surface area contributed by atoms with E-state index in [1.54, 1.807) is 21.3 Å². The number of benzene rings is 1. The van der Waals surface area contributed by atoms with Gasteiger partial charge in [0.25, 0.3) is 0 Å². The molecule has 1 aromatic carbocycles. The van der Waals surface area contributed by atoms with Gasteiger partial charge in [0, 0.05) is 25.6 Å². The molecule has 0 amide bonds. The number of fused-ring (bicyclic) bond motifs is 1. The zero-order chi connectivity index (χ0) is 17.6. The molecule has 1 spiro atoms. The van der Waals surface area contributed by atoms with Crippen LogP contribution in [-0.2, 0) is 16.7 Å². The summed E-state index contributed by atoms with van der Waals surface area (Å²) in [5, 5.41) is 10.6. The van der Waals surface area contributed by atoms with Crippen LogP contribution >= 0.6 is 0 Å². The molecule has 25 heavy (non-hydrogen) atoms. The predicted molar refractivity (Wildman–Crippen MR) is 95.5 cm³/mol. The number of nitrogens with zero attached hydrogens (tertiary/aromatic N) is 1. The van der Waals surface area contributed by atoms with Gasteiger partial charge in [0.1, 0.15) is 0 Å². The summed E-state index contributed by atoms with van der Waals surface area (Å²) in [7, 11) is 5.03. The van der Waals surface area contributed by atoms with Crippen molar-refractivity contribution in [3.8, 4) is 17.2 Å². The molecular formula is C20H27NO4. The van der Waals surface area contributed by atoms with Crippen molar-refractivity contribution in [2.75, 3.05) is 34.4 Å². The van der Waals surface area contributed by atoms with E-state index in [4.69, 9.17) is 14.2 Å². The fourth-order valence-electron chi connectivity index (χ4n) is 5.15. The summed E-state index contributed by atoms with van der Waals surface area (Å²) >= 11 is 0. The van der Waals surface area contributed by atoms with E-state index in [2.05, 4.69) is 11.0 Å². The smallest absolute Gasteiger partial charge is 0.203 e. The second-order valence-corrected chi connectivity index (χ2v) is 7.22. The van der Waals surface area contributed by atoms with Crippen LogP contribution in [0.1, 0.15) is 36.8 Å². The Morgan fingerprint density at radius 2 is 1.92 bits per heavy atom. The first-order valence-corrected chi connectivity index (χ1v) is 9.10. The number of methoxy groups -OCH3 is 3. The van der Waals surface area contributed by atoms with E-state index in [-0.39, 0.29) is 17.4 Å². The Balaban J connectivity index is 1.98. The Bertz CT molecular complexity index is 714. The number of hydrogen-bond donors (Lipinski definition) is 1. The van der Waals surface area contributed by atoms with E-state index in [1.807, 2.05) is 6.07 Å². The molecule has 4 rings (SSSR count). The number of aromatic hydroxyl groups is 1. The fourth-order valence-corrected chi connectivity index (χ4v) is 5.15. The van der Waals surface area contributed by atoms with Gasteiger partial charge in [-0.3, -0.25) is 4.90 Å². The van der Waals surface area contributed by atoms with E-state index in [0.717, 1.165) is 45.2 Å². The van der Waals surface area contributed by atoms with Crippen molar-refractivity contribution in [2.45, 2.75) is 43.7 Å². The second kappa shape index (κ2) is 6.22. The van der Waals surface area contributed by atoms with Crippen LogP contribution < -0.4 is 9.47 Å². The summed E-state index contributed by atoms with van der Waals surface area (Å²) in [4.78, 5) is 2.58. The van der Waals surface area contributed by atoms with Gasteiger partial charge in [-0.15, -0.1) is 0 Å². The quantitative estimate of drug-likeness (QED) is 0.854. The van der Waals surface area contributed by atoms with Crippen LogP contribution in [0.2, 0.25) is 0 Å². The Labute approximate surface area is 149 Å². The van der Waals surface area contributed by atoms with Crippen LogP contribution in [0.25, 0.3) is 0 Å². The molecule has 1 N–H and O–H groups in total. The normalized spacial score (nSPS) is 28.4. The number of phenolic OH excluding ortho intramolecular Hbond substituents is 1. The summed E-state index contributed by atoms with van der Waals surface area (Å²) in [5.41, 5.74) is 3.63. The van der Waals surface area contributed by atoms with Crippen molar-refractivity contribution in [3.05, 3.63) is 28.8 Å². The molecule has 3 aliphatic rings. The highest BCUT2D eigenvalue weighted by atomic mass is 16.5. The summed E-state index contributed by atoms with van der Waals surface area (Å²) in [6, 6.07) is 1.91. The van der Waals surface area contributed by atoms with Gasteiger partial charge in [-0.2, -0.15) is 0 Å². The molecule has 1 aliphatic carbocycles. The molecule has 5 nitrogen and oxygen atoms in total. The molecule has 0 saturated carbocycles. The number of ether oxygens (including phenoxy) is 3. The van der Waals surface area contributed by atoms with Gasteiger partial charge in [0.15, 0.2) is 11.5 Å². The Morgan fingerprint density at radius 1 is 1.12 bits per heavy atom. The maximum Gasteiger partial charge on any atom is 0.203 e. The molecule has 5 heteroatoms. The van der Waals surface area contributed by atoms with Crippen molar-refractivity contribution >= 4 is 0 Å². The average molecular weight is 345 g/mol. The fraction of sp³-hybridized carbons (Fsp3) is 0.600. The maximum atomic E-state index is 10.6. The zero-order valence-corrected chi connectivity index (χ0v) is 15.3. The van der Waals surface area contributed by atoms with Crippen molar-refractivity contribution in [1.82, 2.24) is 4.90 Å². The van der Waals surface area contributed by atoms with Crippen molar-refractivity contribution < 1.29 is 19.3 Å². The Kier molecular flexibility index (Phi) is 4.16. The molecule has 0 radical (unpaired) electrons. The Hall–Kier alpha value is -1.72. The van der Waals surface area contributed by atoms with Crippen molar-refractivity contribution in [1.29, 1.82) is 0 Å². The summed E-state index contributed by atoms with van der Waals surface area (Å²) in [6.07, 6.45) is 7.55. The van der Waals surface area contributed by atoms with Gasteiger partial charge in [-0.25, -0.2) is 0 Å². The zero-order valence-electron chi connectivity index (χ0n) is 15.3. The van der Waals surface area contributed by atoms with Gasteiger partial charge in [0.05, 0.1) is 25.9 Å². The van der Waals surface area contributed by atoms with Crippen molar-refractivity contribution in [3.63, 3.8) is 0 Å². The highest BCUT2D eigenvalue weighted by Gasteiger charge is 2.51. The molecule has 1 fully saturated rings. The van der Waals surface area contributed by atoms with Crippen LogP contribution in [0.3, 0.4) is 0 Å². The van der Waals surface area contributed by atoms with Crippen molar-refractivity contribution in [2.24, 2.45) is 0 Å². The van der Waals surface area contributed by atoms with Crippen LogP contribution in [0, 0.1) is 0 Å². The molecule has 0 bridgehead atoms. The minimum Gasteiger partial charge on any atom is -0.504 e. The minimum absolute atomic E-state index is 0.153. The molecular weight excluding hydrogens is 318 g/mol. The van der Waals surface area contributed by atoms with E-state index in [1.165, 1.54) is 16.7 Å². The highest BCUT2D eigenvalue weighted by molar-refractivity contribution is 5.62. The highest BCUT2D eigenvalue weighted by Crippen LogP contribution is 2.56. The summed E-state index contributed by atoms with van der Waals surface area (Å²) in [5.74, 6) is 1.27. The minimum atomic E-state index is -0.179. The van der Waals surface area contributed by atoms with Gasteiger partial charge in [-0.05, 0) is 49.4 Å². The lowest BCUT2D eigenvalue weighted by molar-refractivity contribution is 0.0346. The largest absolute Gasteiger partial charge is 0.504 e. The summed E-state index contributed by atoms with van der Waals surface area (Å²) < 4.78 is 16.9. The molecule has 1 aromatic rings. The van der Waals surface area contributed by atoms with E-state index >= 15 is 0 Å². The first-order chi connectivity index (χ1) is 12.2. The van der Waals surface area contributed by atoms with E-state index < -0.39 is 0 Å². The lowest BCUT2D eigenvalue weighted by Gasteiger charge is -2.44. The predicted octanol–water partition coefficient (Wildman–Crippen LogP) is 2.99. The number of phenols is 1. The average Bonchev–Trinajstić information content (AvgIpc) is 2.93. The first-order valence-electron chi connectivity index (χ1n) is 9.10. The first kappa shape index (κ1) is 16.7. The molecule has 0 unspecified atom stereocenters. The lowest BCUT2D eigenvalue weighted by atomic mass is 9.73. The molecule has 136 valence electrons. The maximum absolute atomic E-state index is 10.6. The third-order valence-corrected chi connectivity index (χ3v) is 6.23. The topological polar surface area (TPSA) is 51.2 Å².